The maximum absolute atomic E-state index is 13.6. The fourth-order valence-corrected chi connectivity index (χ4v) is 4.57. The molecule has 230 valence electrons. The Morgan fingerprint density at radius 1 is 0.545 bits per heavy atom. The number of rotatable bonds is 13. The number of alkyl carbamates (subject to hydrolysis) is 2. The molecule has 0 aromatic heterocycles. The van der Waals surface area contributed by atoms with Gasteiger partial charge < -0.3 is 30.3 Å². The monoisotopic (exact) mass is 604 g/mol. The Bertz CT molecular complexity index is 1340. The van der Waals surface area contributed by atoms with Gasteiger partial charge in [-0.15, -0.1) is 0 Å². The average molecular weight is 605 g/mol. The summed E-state index contributed by atoms with van der Waals surface area (Å²) in [7, 11) is 0. The first kappa shape index (κ1) is 32.1. The predicted molar refractivity (Wildman–Crippen MR) is 159 cm³/mol. The topological polar surface area (TPSA) is 117 Å². The molecule has 0 spiro atoms. The minimum absolute atomic E-state index is 0.000660. The Morgan fingerprint density at radius 2 is 0.886 bits per heavy atom. The number of hydrogen-bond donors (Lipinski definition) is 4. The molecular weight excluding hydrogens is 570 g/mol. The first-order valence-electron chi connectivity index (χ1n) is 14.1. The first-order chi connectivity index (χ1) is 21.3. The fraction of sp³-hybridized carbons (Fsp3) is 0.235. The molecule has 0 saturated heterocycles. The van der Waals surface area contributed by atoms with Gasteiger partial charge in [-0.25, -0.2) is 18.4 Å². The lowest BCUT2D eigenvalue weighted by atomic mass is 9.91. The van der Waals surface area contributed by atoms with Crippen LogP contribution in [-0.4, -0.2) is 46.7 Å². The summed E-state index contributed by atoms with van der Waals surface area (Å²) in [6.45, 7) is -0.0623. The molecule has 4 unspecified atom stereocenters. The Labute approximate surface area is 254 Å². The number of amides is 2. The molecule has 4 N–H and O–H groups in total. The van der Waals surface area contributed by atoms with Crippen LogP contribution in [0.5, 0.6) is 0 Å². The number of carbonyl (C=O) groups excluding carboxylic acids is 2. The fourth-order valence-electron chi connectivity index (χ4n) is 4.57. The molecule has 4 aromatic rings. The van der Waals surface area contributed by atoms with Crippen molar-refractivity contribution in [1.82, 2.24) is 10.6 Å². The molecule has 0 aliphatic rings. The van der Waals surface area contributed by atoms with E-state index in [1.165, 1.54) is 48.5 Å². The summed E-state index contributed by atoms with van der Waals surface area (Å²) in [4.78, 5) is 25.6. The lowest BCUT2D eigenvalue weighted by Crippen LogP contribution is -2.57. The van der Waals surface area contributed by atoms with Gasteiger partial charge in [-0.3, -0.25) is 0 Å². The van der Waals surface area contributed by atoms with Crippen LogP contribution in [0.1, 0.15) is 22.3 Å². The maximum atomic E-state index is 13.6. The number of ether oxygens (including phenoxy) is 2. The Morgan fingerprint density at radius 3 is 1.23 bits per heavy atom. The van der Waals surface area contributed by atoms with Crippen LogP contribution in [-0.2, 0) is 35.5 Å². The van der Waals surface area contributed by atoms with Crippen LogP contribution in [0.2, 0.25) is 0 Å². The van der Waals surface area contributed by atoms with E-state index in [-0.39, 0.29) is 26.1 Å². The van der Waals surface area contributed by atoms with Crippen molar-refractivity contribution >= 4 is 12.2 Å². The second-order valence-corrected chi connectivity index (χ2v) is 10.3. The molecule has 0 aliphatic carbocycles. The van der Waals surface area contributed by atoms with E-state index in [0.29, 0.717) is 11.1 Å². The van der Waals surface area contributed by atoms with Crippen molar-refractivity contribution < 1.29 is 38.1 Å². The summed E-state index contributed by atoms with van der Waals surface area (Å²) in [5.74, 6) is -0.919. The van der Waals surface area contributed by atoms with Crippen molar-refractivity contribution in [2.45, 2.75) is 50.3 Å². The number of hydrogen-bond acceptors (Lipinski definition) is 6. The standard InChI is InChI=1S/C34H34F2N2O6/c35-27-15-11-23(12-16-27)19-29(37-33(41)43-21-25-7-3-1-4-8-25)31(39)32(40)30(20-24-13-17-28(36)18-14-24)38-34(42)44-22-26-9-5-2-6-10-26/h1-18,29-32,39-40H,19-22H2,(H,37,41)(H,38,42). The maximum Gasteiger partial charge on any atom is 0.407 e. The van der Waals surface area contributed by atoms with Gasteiger partial charge in [0.05, 0.1) is 12.1 Å². The van der Waals surface area contributed by atoms with E-state index in [2.05, 4.69) is 10.6 Å². The van der Waals surface area contributed by atoms with Crippen LogP contribution < -0.4 is 10.6 Å². The van der Waals surface area contributed by atoms with Gasteiger partial charge in [0.25, 0.3) is 0 Å². The number of benzene rings is 4. The molecule has 0 saturated carbocycles. The zero-order valence-corrected chi connectivity index (χ0v) is 23.8. The molecule has 4 aromatic carbocycles. The van der Waals surface area contributed by atoms with Gasteiger partial charge in [-0.2, -0.15) is 0 Å². The predicted octanol–water partition coefficient (Wildman–Crippen LogP) is 5.06. The van der Waals surface area contributed by atoms with Crippen LogP contribution in [0.4, 0.5) is 18.4 Å². The van der Waals surface area contributed by atoms with Gasteiger partial charge in [0, 0.05) is 0 Å². The van der Waals surface area contributed by atoms with E-state index in [4.69, 9.17) is 9.47 Å². The van der Waals surface area contributed by atoms with Crippen molar-refractivity contribution in [3.63, 3.8) is 0 Å². The zero-order valence-electron chi connectivity index (χ0n) is 23.8. The van der Waals surface area contributed by atoms with Crippen molar-refractivity contribution in [3.8, 4) is 0 Å². The highest BCUT2D eigenvalue weighted by atomic mass is 19.1. The quantitative estimate of drug-likeness (QED) is 0.170. The molecule has 0 bridgehead atoms. The van der Waals surface area contributed by atoms with Crippen molar-refractivity contribution in [2.75, 3.05) is 0 Å². The molecule has 44 heavy (non-hydrogen) atoms. The van der Waals surface area contributed by atoms with Gasteiger partial charge in [0.15, 0.2) is 0 Å². The smallest absolute Gasteiger partial charge is 0.407 e. The summed E-state index contributed by atoms with van der Waals surface area (Å²) in [5.41, 5.74) is 2.62. The van der Waals surface area contributed by atoms with E-state index in [0.717, 1.165) is 11.1 Å². The minimum atomic E-state index is -1.63. The van der Waals surface area contributed by atoms with E-state index in [1.54, 1.807) is 48.5 Å². The molecule has 10 heteroatoms. The average Bonchev–Trinajstić information content (AvgIpc) is 3.04. The number of aliphatic hydroxyl groups excluding tert-OH is 2. The highest BCUT2D eigenvalue weighted by molar-refractivity contribution is 5.68. The lowest BCUT2D eigenvalue weighted by Gasteiger charge is -2.32. The third kappa shape index (κ3) is 10.2. The summed E-state index contributed by atoms with van der Waals surface area (Å²) in [6, 6.07) is 26.7. The van der Waals surface area contributed by atoms with Crippen molar-refractivity contribution in [2.24, 2.45) is 0 Å². The van der Waals surface area contributed by atoms with Crippen LogP contribution in [0, 0.1) is 11.6 Å². The SMILES string of the molecule is O=C(NC(Cc1ccc(F)cc1)C(O)C(O)C(Cc1ccc(F)cc1)NC(=O)OCc1ccccc1)OCc1ccccc1. The van der Waals surface area contributed by atoms with E-state index >= 15 is 0 Å². The van der Waals surface area contributed by atoms with E-state index < -0.39 is 48.1 Å². The van der Waals surface area contributed by atoms with Gasteiger partial charge in [-0.05, 0) is 59.4 Å². The second kappa shape index (κ2) is 16.2. The third-order valence-electron chi connectivity index (χ3n) is 6.94. The van der Waals surface area contributed by atoms with E-state index in [1.807, 2.05) is 12.1 Å². The van der Waals surface area contributed by atoms with Gasteiger partial charge in [-0.1, -0.05) is 84.9 Å². The lowest BCUT2D eigenvalue weighted by molar-refractivity contribution is -0.0240. The van der Waals surface area contributed by atoms with E-state index in [9.17, 15) is 28.6 Å². The molecule has 0 aliphatic heterocycles. The summed E-state index contributed by atoms with van der Waals surface area (Å²) < 4.78 is 37.8. The van der Waals surface area contributed by atoms with Crippen LogP contribution in [0.3, 0.4) is 0 Å². The Kier molecular flexibility index (Phi) is 11.8. The number of carbonyl (C=O) groups is 2. The molecule has 8 nitrogen and oxygen atoms in total. The molecule has 4 rings (SSSR count). The highest BCUT2D eigenvalue weighted by Crippen LogP contribution is 2.17. The number of aliphatic hydroxyl groups is 2. The van der Waals surface area contributed by atoms with Gasteiger partial charge >= 0.3 is 12.2 Å². The molecule has 4 atom stereocenters. The van der Waals surface area contributed by atoms with Gasteiger partial charge in [0.2, 0.25) is 0 Å². The Hall–Kier alpha value is -4.80. The van der Waals surface area contributed by atoms with Crippen LogP contribution in [0.15, 0.2) is 109 Å². The molecule has 0 heterocycles. The molecule has 0 fully saturated rings. The third-order valence-corrected chi connectivity index (χ3v) is 6.94. The molecular formula is C34H34F2N2O6. The van der Waals surface area contributed by atoms with Crippen molar-refractivity contribution in [3.05, 3.63) is 143 Å². The minimum Gasteiger partial charge on any atom is -0.445 e. The first-order valence-corrected chi connectivity index (χ1v) is 14.1. The molecule has 0 radical (unpaired) electrons. The Balaban J connectivity index is 1.50. The number of nitrogens with one attached hydrogen (secondary N) is 2. The molecule has 2 amide bonds. The highest BCUT2D eigenvalue weighted by Gasteiger charge is 2.35. The largest absolute Gasteiger partial charge is 0.445 e. The van der Waals surface area contributed by atoms with Crippen LogP contribution >= 0.6 is 0 Å². The number of halogens is 2. The summed E-state index contributed by atoms with van der Waals surface area (Å²) >= 11 is 0. The van der Waals surface area contributed by atoms with Crippen molar-refractivity contribution in [1.29, 1.82) is 0 Å². The zero-order chi connectivity index (χ0) is 31.3. The second-order valence-electron chi connectivity index (χ2n) is 10.3. The van der Waals surface area contributed by atoms with Crippen LogP contribution in [0.25, 0.3) is 0 Å². The summed E-state index contributed by atoms with van der Waals surface area (Å²) in [5, 5.41) is 28.0. The normalized spacial score (nSPS) is 13.6. The summed E-state index contributed by atoms with van der Waals surface area (Å²) in [6.07, 6.45) is -4.97. The van der Waals surface area contributed by atoms with Gasteiger partial charge in [0.1, 0.15) is 37.1 Å².